The number of nitrogens with one attached hydrogen (secondary N) is 1. The maximum absolute atomic E-state index is 12.6. The third-order valence-electron chi connectivity index (χ3n) is 4.91. The molecule has 2 aliphatic heterocycles. The standard InChI is InChI=1S/C17H21N3O3S/c21-17(19-6-13-2-1-4-23-13)15-11-22-10-12-7-20(8-14(12)15)9-16-18-3-5-24-16/h1-5,12,14-15H,6-11H2,(H,19,21)/t12-,14-,15-/m1/s1. The molecule has 128 valence electrons. The minimum atomic E-state index is -0.0833. The molecule has 2 aromatic heterocycles. The molecular weight excluding hydrogens is 326 g/mol. The maximum Gasteiger partial charge on any atom is 0.226 e. The molecule has 0 radical (unpaired) electrons. The molecule has 7 heteroatoms. The SMILES string of the molecule is O=C(NCc1ccco1)[C@@H]1COC[C@H]2CN(Cc3nccs3)C[C@H]21. The van der Waals surface area contributed by atoms with E-state index in [9.17, 15) is 4.79 Å². The van der Waals surface area contributed by atoms with Gasteiger partial charge in [-0.2, -0.15) is 0 Å². The van der Waals surface area contributed by atoms with Crippen LogP contribution in [0.25, 0.3) is 0 Å². The van der Waals surface area contributed by atoms with E-state index in [1.54, 1.807) is 17.6 Å². The Kier molecular flexibility index (Phi) is 4.64. The molecule has 0 unspecified atom stereocenters. The van der Waals surface area contributed by atoms with Crippen LogP contribution in [0.15, 0.2) is 34.4 Å². The summed E-state index contributed by atoms with van der Waals surface area (Å²) in [5.74, 6) is 1.54. The molecule has 4 rings (SSSR count). The van der Waals surface area contributed by atoms with Crippen LogP contribution >= 0.6 is 11.3 Å². The number of thiazole rings is 1. The van der Waals surface area contributed by atoms with Gasteiger partial charge in [-0.1, -0.05) is 0 Å². The van der Waals surface area contributed by atoms with Crippen molar-refractivity contribution < 1.29 is 13.9 Å². The summed E-state index contributed by atoms with van der Waals surface area (Å²) in [6.45, 7) is 4.48. The number of amides is 1. The number of likely N-dealkylation sites (tertiary alicyclic amines) is 1. The average Bonchev–Trinajstić information content (AvgIpc) is 3.33. The number of carbonyl (C=O) groups excluding carboxylic acids is 1. The topological polar surface area (TPSA) is 67.6 Å². The monoisotopic (exact) mass is 347 g/mol. The maximum atomic E-state index is 12.6. The minimum absolute atomic E-state index is 0.0669. The van der Waals surface area contributed by atoms with Gasteiger partial charge in [0.25, 0.3) is 0 Å². The Morgan fingerprint density at radius 3 is 3.17 bits per heavy atom. The first-order valence-electron chi connectivity index (χ1n) is 8.28. The first kappa shape index (κ1) is 15.8. The van der Waals surface area contributed by atoms with Crippen molar-refractivity contribution in [3.63, 3.8) is 0 Å². The van der Waals surface area contributed by atoms with Gasteiger partial charge in [-0.3, -0.25) is 9.69 Å². The van der Waals surface area contributed by atoms with E-state index in [1.807, 2.05) is 23.7 Å². The third kappa shape index (κ3) is 3.38. The molecule has 4 heterocycles. The molecule has 2 aliphatic rings. The fourth-order valence-electron chi connectivity index (χ4n) is 3.73. The van der Waals surface area contributed by atoms with Gasteiger partial charge in [0.15, 0.2) is 0 Å². The fraction of sp³-hybridized carbons (Fsp3) is 0.529. The van der Waals surface area contributed by atoms with Gasteiger partial charge in [0.1, 0.15) is 10.8 Å². The van der Waals surface area contributed by atoms with Gasteiger partial charge in [0.2, 0.25) is 5.91 Å². The lowest BCUT2D eigenvalue weighted by atomic mass is 9.82. The smallest absolute Gasteiger partial charge is 0.226 e. The molecule has 0 aliphatic carbocycles. The molecule has 0 saturated carbocycles. The Bertz CT molecular complexity index is 659. The number of aromatic nitrogens is 1. The molecule has 24 heavy (non-hydrogen) atoms. The van der Waals surface area contributed by atoms with Crippen LogP contribution in [-0.4, -0.2) is 42.1 Å². The first-order valence-corrected chi connectivity index (χ1v) is 9.16. The molecule has 0 spiro atoms. The summed E-state index contributed by atoms with van der Waals surface area (Å²) in [7, 11) is 0. The number of rotatable bonds is 5. The molecule has 2 fully saturated rings. The second-order valence-corrected chi connectivity index (χ2v) is 7.46. The van der Waals surface area contributed by atoms with Crippen LogP contribution < -0.4 is 5.32 Å². The van der Waals surface area contributed by atoms with Crippen molar-refractivity contribution in [3.05, 3.63) is 40.7 Å². The van der Waals surface area contributed by atoms with Crippen LogP contribution in [0.5, 0.6) is 0 Å². The normalized spacial score (nSPS) is 27.1. The van der Waals surface area contributed by atoms with Crippen LogP contribution in [0.2, 0.25) is 0 Å². The van der Waals surface area contributed by atoms with E-state index in [2.05, 4.69) is 15.2 Å². The van der Waals surface area contributed by atoms with Crippen molar-refractivity contribution in [2.75, 3.05) is 26.3 Å². The van der Waals surface area contributed by atoms with E-state index < -0.39 is 0 Å². The number of hydrogen-bond donors (Lipinski definition) is 1. The largest absolute Gasteiger partial charge is 0.467 e. The van der Waals surface area contributed by atoms with E-state index in [4.69, 9.17) is 9.15 Å². The van der Waals surface area contributed by atoms with Gasteiger partial charge < -0.3 is 14.5 Å². The molecule has 3 atom stereocenters. The highest BCUT2D eigenvalue weighted by Crippen LogP contribution is 2.35. The van der Waals surface area contributed by atoms with Crippen LogP contribution in [0.3, 0.4) is 0 Å². The van der Waals surface area contributed by atoms with Gasteiger partial charge >= 0.3 is 0 Å². The minimum Gasteiger partial charge on any atom is -0.467 e. The van der Waals surface area contributed by atoms with Crippen LogP contribution in [-0.2, 0) is 22.6 Å². The Balaban J connectivity index is 1.36. The Hall–Kier alpha value is -1.70. The summed E-state index contributed by atoms with van der Waals surface area (Å²) < 4.78 is 11.0. The zero-order chi connectivity index (χ0) is 16.4. The van der Waals surface area contributed by atoms with Crippen molar-refractivity contribution in [2.24, 2.45) is 17.8 Å². The highest BCUT2D eigenvalue weighted by atomic mass is 32.1. The van der Waals surface area contributed by atoms with Crippen LogP contribution in [0.4, 0.5) is 0 Å². The Morgan fingerprint density at radius 2 is 2.38 bits per heavy atom. The van der Waals surface area contributed by atoms with Crippen molar-refractivity contribution in [1.82, 2.24) is 15.2 Å². The summed E-state index contributed by atoms with van der Waals surface area (Å²) in [5, 5.41) is 6.13. The van der Waals surface area contributed by atoms with Crippen LogP contribution in [0.1, 0.15) is 10.8 Å². The Morgan fingerprint density at radius 1 is 1.42 bits per heavy atom. The Labute approximate surface area is 144 Å². The van der Waals surface area contributed by atoms with E-state index in [1.165, 1.54) is 0 Å². The van der Waals surface area contributed by atoms with Gasteiger partial charge in [-0.25, -0.2) is 4.98 Å². The third-order valence-corrected chi connectivity index (χ3v) is 5.67. The van der Waals surface area contributed by atoms with Crippen molar-refractivity contribution in [3.8, 4) is 0 Å². The number of furan rings is 1. The van der Waals surface area contributed by atoms with Crippen molar-refractivity contribution in [2.45, 2.75) is 13.1 Å². The lowest BCUT2D eigenvalue weighted by Gasteiger charge is -2.31. The molecule has 1 amide bonds. The number of carbonyl (C=O) groups is 1. The van der Waals surface area contributed by atoms with E-state index >= 15 is 0 Å². The van der Waals surface area contributed by atoms with Gasteiger partial charge in [0.05, 0.1) is 38.5 Å². The molecule has 2 aromatic rings. The van der Waals surface area contributed by atoms with Crippen LogP contribution in [0, 0.1) is 17.8 Å². The average molecular weight is 347 g/mol. The molecular formula is C17H21N3O3S. The van der Waals surface area contributed by atoms with Gasteiger partial charge in [-0.05, 0) is 24.0 Å². The van der Waals surface area contributed by atoms with Crippen molar-refractivity contribution in [1.29, 1.82) is 0 Å². The van der Waals surface area contributed by atoms with Crippen molar-refractivity contribution >= 4 is 17.2 Å². The van der Waals surface area contributed by atoms with E-state index in [-0.39, 0.29) is 11.8 Å². The highest BCUT2D eigenvalue weighted by Gasteiger charge is 2.43. The highest BCUT2D eigenvalue weighted by molar-refractivity contribution is 7.09. The zero-order valence-corrected chi connectivity index (χ0v) is 14.2. The number of hydrogen-bond acceptors (Lipinski definition) is 6. The molecule has 0 bridgehead atoms. The summed E-state index contributed by atoms with van der Waals surface area (Å²) in [4.78, 5) is 19.4. The number of fused-ring (bicyclic) bond motifs is 1. The lowest BCUT2D eigenvalue weighted by Crippen LogP contribution is -2.44. The summed E-state index contributed by atoms with van der Waals surface area (Å²) in [6, 6.07) is 3.69. The summed E-state index contributed by atoms with van der Waals surface area (Å²) in [5.41, 5.74) is 0. The molecule has 0 aromatic carbocycles. The second kappa shape index (κ2) is 7.04. The van der Waals surface area contributed by atoms with Gasteiger partial charge in [-0.15, -0.1) is 11.3 Å². The first-order chi connectivity index (χ1) is 11.8. The van der Waals surface area contributed by atoms with Gasteiger partial charge in [0, 0.05) is 24.7 Å². The van der Waals surface area contributed by atoms with E-state index in [0.29, 0.717) is 25.0 Å². The molecule has 1 N–H and O–H groups in total. The summed E-state index contributed by atoms with van der Waals surface area (Å²) >= 11 is 1.68. The predicted molar refractivity (Wildman–Crippen MR) is 89.2 cm³/mol. The quantitative estimate of drug-likeness (QED) is 0.892. The molecule has 6 nitrogen and oxygen atoms in total. The fourth-order valence-corrected chi connectivity index (χ4v) is 4.39. The predicted octanol–water partition coefficient (Wildman–Crippen LogP) is 1.75. The number of ether oxygens (including phenoxy) is 1. The summed E-state index contributed by atoms with van der Waals surface area (Å²) in [6.07, 6.45) is 3.46. The second-order valence-electron chi connectivity index (χ2n) is 6.48. The lowest BCUT2D eigenvalue weighted by molar-refractivity contribution is -0.133. The zero-order valence-electron chi connectivity index (χ0n) is 13.4. The molecule has 2 saturated heterocycles. The van der Waals surface area contributed by atoms with E-state index in [0.717, 1.165) is 37.0 Å². The number of nitrogens with zero attached hydrogens (tertiary/aromatic N) is 2.